The Morgan fingerprint density at radius 3 is 1.82 bits per heavy atom. The van der Waals surface area contributed by atoms with Crippen molar-refractivity contribution in [2.24, 2.45) is 5.73 Å². The highest BCUT2D eigenvalue weighted by atomic mass is 17.0. The van der Waals surface area contributed by atoms with Crippen molar-refractivity contribution in [3.8, 4) is 0 Å². The molecule has 0 radical (unpaired) electrons. The Morgan fingerprint density at radius 1 is 1.55 bits per heavy atom. The van der Waals surface area contributed by atoms with Crippen LogP contribution in [0, 0.1) is 20.2 Å². The van der Waals surface area contributed by atoms with Crippen molar-refractivity contribution >= 4 is 0 Å². The van der Waals surface area contributed by atoms with E-state index in [-0.39, 0.29) is 0 Å². The number of nitrogens with two attached hydrogens (primary N) is 1. The Hall–Kier alpha value is -1.64. The first-order valence-electron chi connectivity index (χ1n) is 2.26. The Bertz CT molecular complexity index is 130. The van der Waals surface area contributed by atoms with E-state index in [2.05, 4.69) is 4.84 Å². The summed E-state index contributed by atoms with van der Waals surface area (Å²) < 4.78 is 0. The summed E-state index contributed by atoms with van der Waals surface area (Å²) in [5.74, 6) is 0. The van der Waals surface area contributed by atoms with Crippen LogP contribution in [0.5, 0.6) is 0 Å². The van der Waals surface area contributed by atoms with Gasteiger partial charge < -0.3 is 10.9 Å². The zero-order valence-corrected chi connectivity index (χ0v) is 5.54. The molecule has 1 unspecified atom stereocenters. The molecule has 0 rings (SSSR count). The van der Waals surface area contributed by atoms with Gasteiger partial charge in [0.15, 0.2) is 6.23 Å². The van der Waals surface area contributed by atoms with Crippen LogP contribution in [0.15, 0.2) is 0 Å². The lowest BCUT2D eigenvalue weighted by atomic mass is 10.7. The number of hydrogen-bond acceptors (Lipinski definition) is 6. The summed E-state index contributed by atoms with van der Waals surface area (Å²) in [7, 11) is 0. The zero-order valence-electron chi connectivity index (χ0n) is 5.54. The van der Waals surface area contributed by atoms with Crippen LogP contribution in [0.4, 0.5) is 0 Å². The van der Waals surface area contributed by atoms with Gasteiger partial charge in [-0.3, -0.25) is 4.84 Å². The average Bonchev–Trinajstić information content (AvgIpc) is 1.56. The fraction of sp³-hybridized carbons (Fsp3) is 1.00. The van der Waals surface area contributed by atoms with Crippen LogP contribution in [0.3, 0.4) is 0 Å². The van der Waals surface area contributed by atoms with Gasteiger partial charge in [0.2, 0.25) is 0 Å². The molecule has 11 heavy (non-hydrogen) atoms. The fourth-order valence-electron chi connectivity index (χ4n) is 0.136. The third-order valence-electron chi connectivity index (χ3n) is 0.252. The minimum absolute atomic E-state index is 0.824. The van der Waals surface area contributed by atoms with Gasteiger partial charge in [-0.25, -0.2) is 0 Å². The molecular formula is C2H7N3O6. The number of nitrogens with zero attached hydrogens (tertiary/aromatic N) is 2. The Labute approximate surface area is 60.6 Å². The summed E-state index contributed by atoms with van der Waals surface area (Å²) in [6.45, 7) is 1.38. The second-order valence-electron chi connectivity index (χ2n) is 1.27. The maximum Gasteiger partial charge on any atom is 0.296 e. The van der Waals surface area contributed by atoms with Gasteiger partial charge in [-0.2, -0.15) is 0 Å². The van der Waals surface area contributed by atoms with E-state index in [0.29, 0.717) is 0 Å². The molecule has 0 saturated heterocycles. The normalized spacial score (nSPS) is 10.4. The van der Waals surface area contributed by atoms with Gasteiger partial charge in [0.05, 0.1) is 0 Å². The van der Waals surface area contributed by atoms with Gasteiger partial charge in [-0.05, 0) is 6.92 Å². The average molecular weight is 169 g/mol. The van der Waals surface area contributed by atoms with E-state index in [9.17, 15) is 10.1 Å². The molecule has 0 aromatic carbocycles. The summed E-state index contributed by atoms with van der Waals surface area (Å²) in [6, 6.07) is 0. The Kier molecular flexibility index (Phi) is 7.11. The van der Waals surface area contributed by atoms with Gasteiger partial charge in [0.25, 0.3) is 10.2 Å². The van der Waals surface area contributed by atoms with Crippen LogP contribution in [0.25, 0.3) is 0 Å². The molecule has 0 aromatic heterocycles. The second-order valence-corrected chi connectivity index (χ2v) is 1.27. The molecule has 9 heteroatoms. The highest BCUT2D eigenvalue weighted by molar-refractivity contribution is 4.21. The molecule has 0 aromatic rings. The molecule has 0 aliphatic carbocycles. The number of hydrogen-bond donors (Lipinski definition) is 2. The van der Waals surface area contributed by atoms with E-state index < -0.39 is 16.4 Å². The molecule has 0 amide bonds. The van der Waals surface area contributed by atoms with Crippen molar-refractivity contribution in [2.75, 3.05) is 0 Å². The van der Waals surface area contributed by atoms with E-state index >= 15 is 0 Å². The van der Waals surface area contributed by atoms with E-state index in [1.807, 2.05) is 0 Å². The van der Waals surface area contributed by atoms with Crippen LogP contribution in [0.2, 0.25) is 0 Å². The molecule has 0 spiro atoms. The minimum atomic E-state index is -1.50. The first-order valence-corrected chi connectivity index (χ1v) is 2.26. The van der Waals surface area contributed by atoms with Crippen LogP contribution in [-0.2, 0) is 4.84 Å². The van der Waals surface area contributed by atoms with E-state index in [1.165, 1.54) is 6.92 Å². The number of rotatable bonds is 2. The largest absolute Gasteiger partial charge is 0.328 e. The highest BCUT2D eigenvalue weighted by Gasteiger charge is 1.96. The molecule has 0 aliphatic rings. The van der Waals surface area contributed by atoms with Gasteiger partial charge in [-0.1, -0.05) is 0 Å². The Balaban J connectivity index is 0. The summed E-state index contributed by atoms with van der Waals surface area (Å²) in [5, 5.41) is 22.0. The molecule has 0 heterocycles. The van der Waals surface area contributed by atoms with Crippen molar-refractivity contribution < 1.29 is 20.2 Å². The lowest BCUT2D eigenvalue weighted by molar-refractivity contribution is -0.767. The Morgan fingerprint density at radius 2 is 1.82 bits per heavy atom. The van der Waals surface area contributed by atoms with Gasteiger partial charge in [-0.15, -0.1) is 20.2 Å². The summed E-state index contributed by atoms with van der Waals surface area (Å²) in [5.41, 5.74) is 4.83. The summed E-state index contributed by atoms with van der Waals surface area (Å²) in [4.78, 5) is 21.4. The molecule has 0 saturated carbocycles. The van der Waals surface area contributed by atoms with Gasteiger partial charge in [0, 0.05) is 0 Å². The lowest BCUT2D eigenvalue weighted by Gasteiger charge is -1.97. The highest BCUT2D eigenvalue weighted by Crippen LogP contribution is 1.76. The van der Waals surface area contributed by atoms with Crippen molar-refractivity contribution in [3.63, 3.8) is 0 Å². The third kappa shape index (κ3) is 60.7. The maximum atomic E-state index is 9.31. The quantitative estimate of drug-likeness (QED) is 0.311. The summed E-state index contributed by atoms with van der Waals surface area (Å²) >= 11 is 0. The lowest BCUT2D eigenvalue weighted by Crippen LogP contribution is -2.22. The van der Waals surface area contributed by atoms with E-state index in [4.69, 9.17) is 21.1 Å². The smallest absolute Gasteiger partial charge is 0.296 e. The third-order valence-corrected chi connectivity index (χ3v) is 0.252. The van der Waals surface area contributed by atoms with Crippen LogP contribution in [0.1, 0.15) is 6.92 Å². The van der Waals surface area contributed by atoms with Crippen molar-refractivity contribution in [2.45, 2.75) is 13.2 Å². The molecule has 66 valence electrons. The zero-order chi connectivity index (χ0) is 9.44. The van der Waals surface area contributed by atoms with Crippen molar-refractivity contribution in [1.82, 2.24) is 0 Å². The molecule has 0 bridgehead atoms. The predicted octanol–water partition coefficient (Wildman–Crippen LogP) is -0.848. The molecule has 1 atom stereocenters. The van der Waals surface area contributed by atoms with E-state index in [1.54, 1.807) is 0 Å². The van der Waals surface area contributed by atoms with E-state index in [0.717, 1.165) is 0 Å². The molecular weight excluding hydrogens is 162 g/mol. The van der Waals surface area contributed by atoms with Crippen LogP contribution < -0.4 is 5.73 Å². The first-order chi connectivity index (χ1) is 4.86. The fourth-order valence-corrected chi connectivity index (χ4v) is 0.136. The van der Waals surface area contributed by atoms with Crippen LogP contribution in [-0.4, -0.2) is 21.6 Å². The molecule has 0 fully saturated rings. The molecule has 9 nitrogen and oxygen atoms in total. The monoisotopic (exact) mass is 169 g/mol. The van der Waals surface area contributed by atoms with Gasteiger partial charge >= 0.3 is 0 Å². The van der Waals surface area contributed by atoms with Crippen LogP contribution >= 0.6 is 0 Å². The summed E-state index contributed by atoms with van der Waals surface area (Å²) in [6.07, 6.45) is -0.824. The standard InChI is InChI=1S/C2H6N2O3.HNO3/c1-2(3)7-4(5)6;2-1(3)4/h2H,3H2,1H3;(H,2,3,4). The van der Waals surface area contributed by atoms with Crippen molar-refractivity contribution in [1.29, 1.82) is 0 Å². The molecule has 0 aliphatic heterocycles. The first kappa shape index (κ1) is 12.1. The molecule has 3 N–H and O–H groups in total. The minimum Gasteiger partial charge on any atom is -0.328 e. The second kappa shape index (κ2) is 6.48. The maximum absolute atomic E-state index is 9.31. The predicted molar refractivity (Wildman–Crippen MR) is 30.5 cm³/mol. The SMILES string of the molecule is CC(N)O[N+](=O)[O-].O=[N+]([O-])O. The topological polar surface area (TPSA) is 142 Å². The van der Waals surface area contributed by atoms with Gasteiger partial charge in [0.1, 0.15) is 0 Å². The van der Waals surface area contributed by atoms with Crippen molar-refractivity contribution in [3.05, 3.63) is 20.2 Å².